The van der Waals surface area contributed by atoms with Gasteiger partial charge in [-0.25, -0.2) is 4.98 Å². The van der Waals surface area contributed by atoms with Gasteiger partial charge in [0.25, 0.3) is 11.2 Å². The van der Waals surface area contributed by atoms with Gasteiger partial charge in [0.05, 0.1) is 22.5 Å². The zero-order chi connectivity index (χ0) is 20.2. The highest BCUT2D eigenvalue weighted by Crippen LogP contribution is 2.16. The predicted molar refractivity (Wildman–Crippen MR) is 114 cm³/mol. The molecular formula is C23H17N3O3. The van der Waals surface area contributed by atoms with Gasteiger partial charge in [-0.2, -0.15) is 0 Å². The lowest BCUT2D eigenvalue weighted by molar-refractivity contribution is -0.384. The number of nitro benzene ring substituents is 1. The Morgan fingerprint density at radius 1 is 0.897 bits per heavy atom. The molecule has 6 nitrogen and oxygen atoms in total. The molecule has 0 aliphatic carbocycles. The number of nitro groups is 1. The first kappa shape index (κ1) is 18.3. The third kappa shape index (κ3) is 3.96. The topological polar surface area (TPSA) is 78.0 Å². The van der Waals surface area contributed by atoms with E-state index in [1.807, 2.05) is 60.7 Å². The lowest BCUT2D eigenvalue weighted by atomic mass is 10.1. The summed E-state index contributed by atoms with van der Waals surface area (Å²) in [7, 11) is 0. The van der Waals surface area contributed by atoms with E-state index in [0.717, 1.165) is 11.1 Å². The van der Waals surface area contributed by atoms with Crippen molar-refractivity contribution >= 4 is 28.9 Å². The Kier molecular flexibility index (Phi) is 4.99. The number of benzene rings is 3. The van der Waals surface area contributed by atoms with Crippen molar-refractivity contribution in [1.29, 1.82) is 0 Å². The first-order valence-corrected chi connectivity index (χ1v) is 9.08. The van der Waals surface area contributed by atoms with Gasteiger partial charge in [-0.3, -0.25) is 14.9 Å². The fourth-order valence-corrected chi connectivity index (χ4v) is 3.12. The molecule has 0 fully saturated rings. The van der Waals surface area contributed by atoms with Gasteiger partial charge in [-0.05, 0) is 29.3 Å². The lowest BCUT2D eigenvalue weighted by Gasteiger charge is -2.11. The molecule has 0 spiro atoms. The summed E-state index contributed by atoms with van der Waals surface area (Å²) < 4.78 is 1.65. The van der Waals surface area contributed by atoms with Crippen molar-refractivity contribution in [3.8, 4) is 0 Å². The van der Waals surface area contributed by atoms with E-state index in [2.05, 4.69) is 4.98 Å². The quantitative estimate of drug-likeness (QED) is 0.375. The molecule has 0 saturated carbocycles. The molecule has 1 aromatic heterocycles. The van der Waals surface area contributed by atoms with Crippen LogP contribution in [0.15, 0.2) is 83.7 Å². The second-order valence-electron chi connectivity index (χ2n) is 6.54. The highest BCUT2D eigenvalue weighted by atomic mass is 16.6. The second-order valence-corrected chi connectivity index (χ2v) is 6.54. The van der Waals surface area contributed by atoms with Gasteiger partial charge in [0, 0.05) is 12.1 Å². The van der Waals surface area contributed by atoms with Gasteiger partial charge in [0.2, 0.25) is 0 Å². The van der Waals surface area contributed by atoms with Crippen LogP contribution in [0.4, 0.5) is 5.69 Å². The number of rotatable bonds is 5. The Balaban J connectivity index is 1.77. The van der Waals surface area contributed by atoms with E-state index in [9.17, 15) is 14.9 Å². The Morgan fingerprint density at radius 3 is 2.31 bits per heavy atom. The Morgan fingerprint density at radius 2 is 1.59 bits per heavy atom. The van der Waals surface area contributed by atoms with E-state index >= 15 is 0 Å². The molecule has 4 aromatic rings. The Bertz CT molecular complexity index is 1260. The van der Waals surface area contributed by atoms with E-state index in [4.69, 9.17) is 0 Å². The summed E-state index contributed by atoms with van der Waals surface area (Å²) in [6.45, 7) is 0.298. The average Bonchev–Trinajstić information content (AvgIpc) is 2.75. The van der Waals surface area contributed by atoms with E-state index in [1.165, 1.54) is 12.1 Å². The normalized spacial score (nSPS) is 11.2. The molecule has 0 atom stereocenters. The van der Waals surface area contributed by atoms with Crippen LogP contribution in [0.5, 0.6) is 0 Å². The molecule has 29 heavy (non-hydrogen) atoms. The minimum Gasteiger partial charge on any atom is -0.300 e. The number of para-hydroxylation sites is 2. The van der Waals surface area contributed by atoms with Gasteiger partial charge in [-0.1, -0.05) is 60.7 Å². The SMILES string of the molecule is O=c1c(/C=C/c2ccccc2)nc2ccccc2n1Cc1ccc([N+](=O)[O-])cc1. The van der Waals surface area contributed by atoms with Gasteiger partial charge < -0.3 is 4.57 Å². The molecule has 0 aliphatic rings. The minimum absolute atomic E-state index is 0.0205. The van der Waals surface area contributed by atoms with Crippen molar-refractivity contribution in [2.24, 2.45) is 0 Å². The number of hydrogen-bond acceptors (Lipinski definition) is 4. The molecule has 0 aliphatic heterocycles. The largest absolute Gasteiger partial charge is 0.300 e. The second kappa shape index (κ2) is 7.90. The van der Waals surface area contributed by atoms with Crippen molar-refractivity contribution in [2.75, 3.05) is 0 Å². The fraction of sp³-hybridized carbons (Fsp3) is 0.0435. The van der Waals surface area contributed by atoms with Crippen molar-refractivity contribution in [3.63, 3.8) is 0 Å². The van der Waals surface area contributed by atoms with E-state index in [0.29, 0.717) is 23.3 Å². The summed E-state index contributed by atoms with van der Waals surface area (Å²) in [5, 5.41) is 10.9. The van der Waals surface area contributed by atoms with Gasteiger partial charge in [0.15, 0.2) is 0 Å². The number of nitrogens with zero attached hydrogens (tertiary/aromatic N) is 3. The molecule has 3 aromatic carbocycles. The summed E-state index contributed by atoms with van der Waals surface area (Å²) in [6, 6.07) is 23.4. The van der Waals surface area contributed by atoms with Crippen LogP contribution in [0, 0.1) is 10.1 Å². The summed E-state index contributed by atoms with van der Waals surface area (Å²) >= 11 is 0. The number of aromatic nitrogens is 2. The van der Waals surface area contributed by atoms with Crippen LogP contribution >= 0.6 is 0 Å². The molecule has 0 bridgehead atoms. The average molecular weight is 383 g/mol. The van der Waals surface area contributed by atoms with Crippen LogP contribution in [0.2, 0.25) is 0 Å². The highest BCUT2D eigenvalue weighted by molar-refractivity contribution is 5.77. The molecule has 6 heteroatoms. The first-order valence-electron chi connectivity index (χ1n) is 9.08. The van der Waals surface area contributed by atoms with Gasteiger partial charge >= 0.3 is 0 Å². The maximum absolute atomic E-state index is 13.1. The van der Waals surface area contributed by atoms with Gasteiger partial charge in [-0.15, -0.1) is 0 Å². The molecule has 4 rings (SSSR count). The molecular weight excluding hydrogens is 366 g/mol. The summed E-state index contributed by atoms with van der Waals surface area (Å²) in [4.78, 5) is 28.1. The monoisotopic (exact) mass is 383 g/mol. The maximum atomic E-state index is 13.1. The molecule has 0 saturated heterocycles. The Labute approximate surface area is 166 Å². The summed E-state index contributed by atoms with van der Waals surface area (Å²) in [5.41, 5.74) is 3.35. The first-order chi connectivity index (χ1) is 14.1. The van der Waals surface area contributed by atoms with Crippen molar-refractivity contribution in [3.05, 3.63) is 116 Å². The van der Waals surface area contributed by atoms with E-state index < -0.39 is 4.92 Å². The standard InChI is InChI=1S/C23H17N3O3/c27-23-21(15-12-17-6-2-1-3-7-17)24-20-8-4-5-9-22(20)25(23)16-18-10-13-19(14-11-18)26(28)29/h1-15H,16H2/b15-12+. The zero-order valence-electron chi connectivity index (χ0n) is 15.4. The van der Waals surface area contributed by atoms with Crippen LogP contribution < -0.4 is 5.56 Å². The number of non-ortho nitro benzene ring substituents is 1. The smallest absolute Gasteiger partial charge is 0.277 e. The van der Waals surface area contributed by atoms with Crippen molar-refractivity contribution in [1.82, 2.24) is 9.55 Å². The molecule has 142 valence electrons. The molecule has 0 amide bonds. The fourth-order valence-electron chi connectivity index (χ4n) is 3.12. The number of fused-ring (bicyclic) bond motifs is 1. The van der Waals surface area contributed by atoms with Crippen LogP contribution in [0.25, 0.3) is 23.2 Å². The number of hydrogen-bond donors (Lipinski definition) is 0. The molecule has 0 radical (unpaired) electrons. The van der Waals surface area contributed by atoms with Crippen molar-refractivity contribution < 1.29 is 4.92 Å². The van der Waals surface area contributed by atoms with Crippen molar-refractivity contribution in [2.45, 2.75) is 6.54 Å². The molecule has 0 N–H and O–H groups in total. The lowest BCUT2D eigenvalue weighted by Crippen LogP contribution is -2.24. The summed E-state index contributed by atoms with van der Waals surface area (Å²) in [6.07, 6.45) is 3.57. The van der Waals surface area contributed by atoms with Crippen LogP contribution in [-0.2, 0) is 6.54 Å². The van der Waals surface area contributed by atoms with Gasteiger partial charge in [0.1, 0.15) is 5.69 Å². The van der Waals surface area contributed by atoms with Crippen LogP contribution in [0.1, 0.15) is 16.8 Å². The van der Waals surface area contributed by atoms with E-state index in [1.54, 1.807) is 22.8 Å². The van der Waals surface area contributed by atoms with Crippen LogP contribution in [-0.4, -0.2) is 14.5 Å². The third-order valence-corrected chi connectivity index (χ3v) is 4.60. The molecule has 0 unspecified atom stereocenters. The highest BCUT2D eigenvalue weighted by Gasteiger charge is 2.11. The molecule has 1 heterocycles. The Hall–Kier alpha value is -4.06. The third-order valence-electron chi connectivity index (χ3n) is 4.60. The zero-order valence-corrected chi connectivity index (χ0v) is 15.4. The minimum atomic E-state index is -0.440. The van der Waals surface area contributed by atoms with Crippen LogP contribution in [0.3, 0.4) is 0 Å². The maximum Gasteiger partial charge on any atom is 0.277 e. The predicted octanol–water partition coefficient (Wildman–Crippen LogP) is 4.52. The summed E-state index contributed by atoms with van der Waals surface area (Å²) in [5.74, 6) is 0. The van der Waals surface area contributed by atoms with E-state index in [-0.39, 0.29) is 11.2 Å².